The van der Waals surface area contributed by atoms with Crippen molar-refractivity contribution >= 4 is 11.9 Å². The first-order valence-corrected chi connectivity index (χ1v) is 12.8. The molecule has 2 atom stereocenters. The van der Waals surface area contributed by atoms with Crippen molar-refractivity contribution in [2.45, 2.75) is 117 Å². The summed E-state index contributed by atoms with van der Waals surface area (Å²) in [5.41, 5.74) is 1.38. The first-order valence-electron chi connectivity index (χ1n) is 12.8. The third-order valence-corrected chi connectivity index (χ3v) is 6.39. The van der Waals surface area contributed by atoms with Crippen LogP contribution in [0.1, 0.15) is 128 Å². The molecule has 2 N–H and O–H groups in total. The molecule has 182 valence electrons. The van der Waals surface area contributed by atoms with E-state index in [0.29, 0.717) is 35.8 Å². The second kappa shape index (κ2) is 15.9. The molecule has 2 unspecified atom stereocenters. The predicted octanol–water partition coefficient (Wildman–Crippen LogP) is 8.02. The van der Waals surface area contributed by atoms with E-state index in [4.69, 9.17) is 0 Å². The third-order valence-electron chi connectivity index (χ3n) is 6.39. The van der Waals surface area contributed by atoms with Crippen LogP contribution in [0.3, 0.4) is 0 Å². The number of unbranched alkanes of at least 4 members (excludes halogenated alkanes) is 6. The van der Waals surface area contributed by atoms with E-state index in [1.54, 1.807) is 0 Å². The van der Waals surface area contributed by atoms with Gasteiger partial charge in [0.2, 0.25) is 0 Å². The Morgan fingerprint density at radius 1 is 0.594 bits per heavy atom. The molecule has 4 nitrogen and oxygen atoms in total. The van der Waals surface area contributed by atoms with Crippen LogP contribution in [0.2, 0.25) is 0 Å². The lowest BCUT2D eigenvalue weighted by atomic mass is 9.82. The minimum Gasteiger partial charge on any atom is -0.481 e. The van der Waals surface area contributed by atoms with Crippen LogP contribution in [-0.4, -0.2) is 22.2 Å². The van der Waals surface area contributed by atoms with Gasteiger partial charge >= 0.3 is 11.9 Å². The number of hydrogen-bond acceptors (Lipinski definition) is 2. The van der Waals surface area contributed by atoms with Crippen molar-refractivity contribution in [3.63, 3.8) is 0 Å². The van der Waals surface area contributed by atoms with Gasteiger partial charge in [0.25, 0.3) is 0 Å². The lowest BCUT2D eigenvalue weighted by Gasteiger charge is -2.21. The Kier molecular flexibility index (Phi) is 14.0. The zero-order valence-corrected chi connectivity index (χ0v) is 20.8. The second-order valence-corrected chi connectivity index (χ2v) is 10.2. The van der Waals surface area contributed by atoms with E-state index in [2.05, 4.69) is 27.7 Å². The molecule has 1 aromatic rings. The molecule has 1 aromatic carbocycles. The van der Waals surface area contributed by atoms with Crippen LogP contribution in [-0.2, 0) is 9.59 Å². The van der Waals surface area contributed by atoms with Gasteiger partial charge in [0, 0.05) is 0 Å². The molecule has 0 aromatic heterocycles. The van der Waals surface area contributed by atoms with Gasteiger partial charge in [-0.3, -0.25) is 9.59 Å². The SMILES string of the molecule is CC(C)CCCCCCC(C(=O)O)c1ccccc1C(CCCCCCC(C)C)C(=O)O. The average Bonchev–Trinajstić information content (AvgIpc) is 2.72. The summed E-state index contributed by atoms with van der Waals surface area (Å²) in [5.74, 6) is -1.56. The maximum Gasteiger partial charge on any atom is 0.310 e. The Morgan fingerprint density at radius 3 is 1.19 bits per heavy atom. The highest BCUT2D eigenvalue weighted by atomic mass is 16.4. The fourth-order valence-corrected chi connectivity index (χ4v) is 4.48. The molecule has 0 saturated carbocycles. The summed E-state index contributed by atoms with van der Waals surface area (Å²) in [7, 11) is 0. The van der Waals surface area contributed by atoms with Crippen LogP contribution in [0.25, 0.3) is 0 Å². The minimum absolute atomic E-state index is 0.565. The number of rotatable bonds is 18. The van der Waals surface area contributed by atoms with Gasteiger partial charge in [0.15, 0.2) is 0 Å². The summed E-state index contributed by atoms with van der Waals surface area (Å²) in [5, 5.41) is 19.8. The number of carbonyl (C=O) groups is 2. The molecular weight excluding hydrogens is 400 g/mol. The summed E-state index contributed by atoms with van der Waals surface area (Å²) in [6.07, 6.45) is 11.9. The van der Waals surface area contributed by atoms with Gasteiger partial charge in [-0.25, -0.2) is 0 Å². The molecule has 0 fully saturated rings. The van der Waals surface area contributed by atoms with E-state index < -0.39 is 23.8 Å². The Hall–Kier alpha value is -1.84. The van der Waals surface area contributed by atoms with Crippen molar-refractivity contribution in [3.8, 4) is 0 Å². The summed E-state index contributed by atoms with van der Waals surface area (Å²) in [6, 6.07) is 7.32. The fourth-order valence-electron chi connectivity index (χ4n) is 4.48. The van der Waals surface area contributed by atoms with E-state index in [0.717, 1.165) is 38.5 Å². The Balaban J connectivity index is 2.76. The first kappa shape index (κ1) is 28.2. The van der Waals surface area contributed by atoms with Gasteiger partial charge in [0.1, 0.15) is 0 Å². The number of benzene rings is 1. The smallest absolute Gasteiger partial charge is 0.310 e. The van der Waals surface area contributed by atoms with Crippen LogP contribution in [0.5, 0.6) is 0 Å². The van der Waals surface area contributed by atoms with E-state index in [1.807, 2.05) is 24.3 Å². The van der Waals surface area contributed by atoms with Crippen molar-refractivity contribution in [3.05, 3.63) is 35.4 Å². The van der Waals surface area contributed by atoms with Crippen molar-refractivity contribution in [1.82, 2.24) is 0 Å². The number of hydrogen-bond donors (Lipinski definition) is 2. The number of carboxylic acid groups (broad SMARTS) is 2. The predicted molar refractivity (Wildman–Crippen MR) is 132 cm³/mol. The second-order valence-electron chi connectivity index (χ2n) is 10.2. The molecule has 0 heterocycles. The lowest BCUT2D eigenvalue weighted by molar-refractivity contribution is -0.140. The van der Waals surface area contributed by atoms with E-state index in [-0.39, 0.29) is 0 Å². The standard InChI is InChI=1S/C28H46O4/c1-21(2)15-9-5-7-11-19-25(27(29)30)23-17-13-14-18-24(23)26(28(31)32)20-12-8-6-10-16-22(3)4/h13-14,17-18,21-22,25-26H,5-12,15-16,19-20H2,1-4H3,(H,29,30)(H,31,32). The van der Waals surface area contributed by atoms with Crippen LogP contribution in [0.4, 0.5) is 0 Å². The van der Waals surface area contributed by atoms with Gasteiger partial charge in [0.05, 0.1) is 11.8 Å². The molecule has 0 radical (unpaired) electrons. The van der Waals surface area contributed by atoms with E-state index >= 15 is 0 Å². The molecule has 0 bridgehead atoms. The Bertz CT molecular complexity index is 608. The van der Waals surface area contributed by atoms with Crippen LogP contribution < -0.4 is 0 Å². The fraction of sp³-hybridized carbons (Fsp3) is 0.714. The number of carboxylic acids is 2. The molecule has 4 heteroatoms. The minimum atomic E-state index is -0.850. The normalized spacial score (nSPS) is 13.4. The summed E-state index contributed by atoms with van der Waals surface area (Å²) in [4.78, 5) is 24.2. The third kappa shape index (κ3) is 11.2. The molecule has 1 rings (SSSR count). The van der Waals surface area contributed by atoms with Gasteiger partial charge in [-0.05, 0) is 35.8 Å². The average molecular weight is 447 g/mol. The lowest BCUT2D eigenvalue weighted by Crippen LogP contribution is -2.19. The van der Waals surface area contributed by atoms with Crippen molar-refractivity contribution in [2.24, 2.45) is 11.8 Å². The highest BCUT2D eigenvalue weighted by Gasteiger charge is 2.28. The van der Waals surface area contributed by atoms with Gasteiger partial charge in [-0.1, -0.05) is 116 Å². The van der Waals surface area contributed by atoms with Crippen LogP contribution >= 0.6 is 0 Å². The van der Waals surface area contributed by atoms with Gasteiger partial charge in [-0.15, -0.1) is 0 Å². The molecule has 0 aliphatic heterocycles. The van der Waals surface area contributed by atoms with Crippen molar-refractivity contribution < 1.29 is 19.8 Å². The van der Waals surface area contributed by atoms with Crippen LogP contribution in [0, 0.1) is 11.8 Å². The van der Waals surface area contributed by atoms with Gasteiger partial charge < -0.3 is 10.2 Å². The molecule has 0 aliphatic rings. The Labute approximate surface area is 195 Å². The van der Waals surface area contributed by atoms with Gasteiger partial charge in [-0.2, -0.15) is 0 Å². The van der Waals surface area contributed by atoms with E-state index in [9.17, 15) is 19.8 Å². The topological polar surface area (TPSA) is 74.6 Å². The van der Waals surface area contributed by atoms with Crippen molar-refractivity contribution in [1.29, 1.82) is 0 Å². The van der Waals surface area contributed by atoms with E-state index in [1.165, 1.54) is 25.7 Å². The molecule has 0 aliphatic carbocycles. The summed E-state index contributed by atoms with van der Waals surface area (Å²) in [6.45, 7) is 8.90. The highest BCUT2D eigenvalue weighted by Crippen LogP contribution is 2.33. The molecule has 0 amide bonds. The summed E-state index contributed by atoms with van der Waals surface area (Å²) < 4.78 is 0. The molecular formula is C28H46O4. The van der Waals surface area contributed by atoms with Crippen molar-refractivity contribution in [2.75, 3.05) is 0 Å². The molecule has 0 spiro atoms. The maximum absolute atomic E-state index is 12.1. The zero-order chi connectivity index (χ0) is 23.9. The molecule has 32 heavy (non-hydrogen) atoms. The zero-order valence-electron chi connectivity index (χ0n) is 20.8. The highest BCUT2D eigenvalue weighted by molar-refractivity contribution is 5.80. The molecule has 0 saturated heterocycles. The monoisotopic (exact) mass is 446 g/mol. The summed E-state index contributed by atoms with van der Waals surface area (Å²) >= 11 is 0. The Morgan fingerprint density at radius 2 is 0.906 bits per heavy atom. The first-order chi connectivity index (χ1) is 15.2. The van der Waals surface area contributed by atoms with Crippen LogP contribution in [0.15, 0.2) is 24.3 Å². The number of aliphatic carboxylic acids is 2. The quantitative estimate of drug-likeness (QED) is 0.224. The largest absolute Gasteiger partial charge is 0.481 e. The maximum atomic E-state index is 12.1.